The van der Waals surface area contributed by atoms with Gasteiger partial charge in [-0.15, -0.1) is 0 Å². The van der Waals surface area contributed by atoms with Crippen LogP contribution in [0.15, 0.2) is 42.7 Å². The van der Waals surface area contributed by atoms with E-state index in [9.17, 15) is 4.79 Å². The van der Waals surface area contributed by atoms with Gasteiger partial charge < -0.3 is 10.6 Å². The first-order valence-electron chi connectivity index (χ1n) is 7.31. The van der Waals surface area contributed by atoms with Crippen molar-refractivity contribution in [3.05, 3.63) is 59.4 Å². The van der Waals surface area contributed by atoms with Crippen LogP contribution in [-0.4, -0.2) is 11.0 Å². The van der Waals surface area contributed by atoms with Gasteiger partial charge in [0.25, 0.3) is 0 Å². The van der Waals surface area contributed by atoms with E-state index in [1.807, 2.05) is 25.1 Å². The number of benzene rings is 1. The Morgan fingerprint density at radius 3 is 2.71 bits per heavy atom. The lowest BCUT2D eigenvalue weighted by atomic mass is 10.1. The summed E-state index contributed by atoms with van der Waals surface area (Å²) >= 11 is 0. The summed E-state index contributed by atoms with van der Waals surface area (Å²) in [6.07, 6.45) is 6.93. The lowest BCUT2D eigenvalue weighted by molar-refractivity contribution is 0.249. The van der Waals surface area contributed by atoms with E-state index in [4.69, 9.17) is 0 Å². The van der Waals surface area contributed by atoms with Crippen LogP contribution in [0, 0.1) is 0 Å². The third-order valence-electron chi connectivity index (χ3n) is 3.91. The summed E-state index contributed by atoms with van der Waals surface area (Å²) in [6, 6.07) is 9.74. The first-order valence-corrected chi connectivity index (χ1v) is 7.31. The molecule has 0 bridgehead atoms. The van der Waals surface area contributed by atoms with Crippen molar-refractivity contribution in [2.75, 3.05) is 5.32 Å². The number of anilines is 1. The van der Waals surface area contributed by atoms with E-state index in [0.717, 1.165) is 24.1 Å². The van der Waals surface area contributed by atoms with Crippen LogP contribution in [0.4, 0.5) is 10.5 Å². The first-order chi connectivity index (χ1) is 10.2. The van der Waals surface area contributed by atoms with Crippen molar-refractivity contribution in [1.82, 2.24) is 10.3 Å². The van der Waals surface area contributed by atoms with Gasteiger partial charge in [0.05, 0.1) is 6.04 Å². The lowest BCUT2D eigenvalue weighted by Gasteiger charge is -2.15. The minimum absolute atomic E-state index is 0.0533. The molecular formula is C17H19N3O. The van der Waals surface area contributed by atoms with Gasteiger partial charge in [-0.3, -0.25) is 4.98 Å². The fourth-order valence-corrected chi connectivity index (χ4v) is 2.75. The van der Waals surface area contributed by atoms with E-state index < -0.39 is 0 Å². The molecule has 0 aliphatic heterocycles. The Labute approximate surface area is 124 Å². The molecule has 1 aromatic heterocycles. The minimum Gasteiger partial charge on any atom is -0.331 e. The minimum atomic E-state index is -0.183. The van der Waals surface area contributed by atoms with E-state index in [2.05, 4.69) is 27.8 Å². The van der Waals surface area contributed by atoms with Gasteiger partial charge in [0.15, 0.2) is 0 Å². The molecule has 0 spiro atoms. The Balaban J connectivity index is 1.61. The molecule has 3 rings (SSSR count). The molecule has 21 heavy (non-hydrogen) atoms. The first kappa shape index (κ1) is 13.6. The summed E-state index contributed by atoms with van der Waals surface area (Å²) in [5, 5.41) is 5.84. The predicted molar refractivity (Wildman–Crippen MR) is 83.3 cm³/mol. The Morgan fingerprint density at radius 1 is 1.14 bits per heavy atom. The molecule has 0 radical (unpaired) electrons. The number of pyridine rings is 1. The highest BCUT2D eigenvalue weighted by Gasteiger charge is 2.13. The van der Waals surface area contributed by atoms with Crippen LogP contribution in [0.25, 0.3) is 0 Å². The topological polar surface area (TPSA) is 54.0 Å². The molecule has 4 heteroatoms. The molecule has 0 fully saturated rings. The molecule has 1 atom stereocenters. The van der Waals surface area contributed by atoms with Crippen molar-refractivity contribution in [3.63, 3.8) is 0 Å². The Kier molecular flexibility index (Phi) is 3.86. The number of fused-ring (bicyclic) bond motifs is 1. The Bertz CT molecular complexity index is 640. The number of rotatable bonds is 3. The summed E-state index contributed by atoms with van der Waals surface area (Å²) in [4.78, 5) is 16.0. The lowest BCUT2D eigenvalue weighted by Crippen LogP contribution is -2.31. The van der Waals surface area contributed by atoms with E-state index in [1.165, 1.54) is 17.5 Å². The number of aryl methyl sites for hydroxylation is 2. The van der Waals surface area contributed by atoms with Crippen LogP contribution in [0.5, 0.6) is 0 Å². The van der Waals surface area contributed by atoms with Gasteiger partial charge >= 0.3 is 6.03 Å². The second kappa shape index (κ2) is 5.95. The zero-order valence-electron chi connectivity index (χ0n) is 12.1. The summed E-state index contributed by atoms with van der Waals surface area (Å²) < 4.78 is 0. The van der Waals surface area contributed by atoms with E-state index in [-0.39, 0.29) is 12.1 Å². The highest BCUT2D eigenvalue weighted by Crippen LogP contribution is 2.24. The molecule has 2 aromatic rings. The average Bonchev–Trinajstić information content (AvgIpc) is 2.95. The fourth-order valence-electron chi connectivity index (χ4n) is 2.75. The van der Waals surface area contributed by atoms with Gasteiger partial charge in [-0.2, -0.15) is 0 Å². The van der Waals surface area contributed by atoms with E-state index in [1.54, 1.807) is 12.4 Å². The highest BCUT2D eigenvalue weighted by molar-refractivity contribution is 5.89. The van der Waals surface area contributed by atoms with Crippen molar-refractivity contribution in [2.45, 2.75) is 32.2 Å². The van der Waals surface area contributed by atoms with Crippen LogP contribution < -0.4 is 10.6 Å². The molecule has 1 aliphatic carbocycles. The van der Waals surface area contributed by atoms with Crippen molar-refractivity contribution in [1.29, 1.82) is 0 Å². The molecule has 0 unspecified atom stereocenters. The maximum Gasteiger partial charge on any atom is 0.319 e. The predicted octanol–water partition coefficient (Wildman–Crippen LogP) is 3.45. The van der Waals surface area contributed by atoms with Gasteiger partial charge in [0.1, 0.15) is 0 Å². The Morgan fingerprint density at radius 2 is 1.90 bits per heavy atom. The maximum absolute atomic E-state index is 12.1. The van der Waals surface area contributed by atoms with Crippen molar-refractivity contribution < 1.29 is 4.79 Å². The standard InChI is InChI=1S/C17H19N3O/c1-12(13-7-9-18-10-8-13)19-17(21)20-16-6-5-14-3-2-4-15(14)11-16/h5-12H,2-4H2,1H3,(H2,19,20,21)/t12-/m1/s1. The largest absolute Gasteiger partial charge is 0.331 e. The number of urea groups is 1. The molecule has 2 N–H and O–H groups in total. The quantitative estimate of drug-likeness (QED) is 0.905. The molecule has 1 aromatic carbocycles. The van der Waals surface area contributed by atoms with Crippen LogP contribution in [-0.2, 0) is 12.8 Å². The molecule has 4 nitrogen and oxygen atoms in total. The second-order valence-electron chi connectivity index (χ2n) is 5.44. The number of nitrogens with zero attached hydrogens (tertiary/aromatic N) is 1. The molecular weight excluding hydrogens is 262 g/mol. The maximum atomic E-state index is 12.1. The number of amides is 2. The zero-order chi connectivity index (χ0) is 14.7. The Hall–Kier alpha value is -2.36. The van der Waals surface area contributed by atoms with Crippen LogP contribution in [0.1, 0.15) is 36.1 Å². The van der Waals surface area contributed by atoms with E-state index >= 15 is 0 Å². The van der Waals surface area contributed by atoms with Crippen molar-refractivity contribution in [2.24, 2.45) is 0 Å². The molecule has 1 aliphatic rings. The van der Waals surface area contributed by atoms with Crippen LogP contribution in [0.2, 0.25) is 0 Å². The van der Waals surface area contributed by atoms with E-state index in [0.29, 0.717) is 0 Å². The van der Waals surface area contributed by atoms with Gasteiger partial charge in [0, 0.05) is 18.1 Å². The third kappa shape index (κ3) is 3.21. The number of carbonyl (C=O) groups is 1. The summed E-state index contributed by atoms with van der Waals surface area (Å²) in [5.41, 5.74) is 4.66. The second-order valence-corrected chi connectivity index (χ2v) is 5.44. The summed E-state index contributed by atoms with van der Waals surface area (Å²) in [6.45, 7) is 1.96. The van der Waals surface area contributed by atoms with Gasteiger partial charge in [-0.1, -0.05) is 6.07 Å². The van der Waals surface area contributed by atoms with Gasteiger partial charge in [-0.05, 0) is 67.1 Å². The van der Waals surface area contributed by atoms with Crippen LogP contribution >= 0.6 is 0 Å². The number of hydrogen-bond acceptors (Lipinski definition) is 2. The summed E-state index contributed by atoms with van der Waals surface area (Å²) in [7, 11) is 0. The average molecular weight is 281 g/mol. The zero-order valence-corrected chi connectivity index (χ0v) is 12.1. The van der Waals surface area contributed by atoms with Gasteiger partial charge in [-0.25, -0.2) is 4.79 Å². The van der Waals surface area contributed by atoms with Crippen molar-refractivity contribution >= 4 is 11.7 Å². The molecule has 108 valence electrons. The smallest absolute Gasteiger partial charge is 0.319 e. The van der Waals surface area contributed by atoms with Crippen LogP contribution in [0.3, 0.4) is 0 Å². The molecule has 1 heterocycles. The number of hydrogen-bond donors (Lipinski definition) is 2. The highest BCUT2D eigenvalue weighted by atomic mass is 16.2. The number of carbonyl (C=O) groups excluding carboxylic acids is 1. The van der Waals surface area contributed by atoms with Gasteiger partial charge in [0.2, 0.25) is 0 Å². The van der Waals surface area contributed by atoms with Crippen molar-refractivity contribution in [3.8, 4) is 0 Å². The number of nitrogens with one attached hydrogen (secondary N) is 2. The summed E-state index contributed by atoms with van der Waals surface area (Å²) in [5.74, 6) is 0. The molecule has 2 amide bonds. The normalized spacial score (nSPS) is 14.3. The monoisotopic (exact) mass is 281 g/mol. The third-order valence-corrected chi connectivity index (χ3v) is 3.91. The number of aromatic nitrogens is 1. The molecule has 0 saturated heterocycles. The fraction of sp³-hybridized carbons (Fsp3) is 0.294. The SMILES string of the molecule is C[C@@H](NC(=O)Nc1ccc2c(c1)CCC2)c1ccncc1. The molecule has 0 saturated carbocycles.